The molecule has 0 spiro atoms. The topological polar surface area (TPSA) is 90.7 Å². The Hall–Kier alpha value is -2.52. The number of hydrogen-bond acceptors (Lipinski definition) is 6. The van der Waals surface area contributed by atoms with E-state index in [0.717, 1.165) is 0 Å². The summed E-state index contributed by atoms with van der Waals surface area (Å²) < 4.78 is 23.9. The number of carbonyl (C=O) groups is 1. The number of nitrogens with one attached hydrogen (secondary N) is 1. The summed E-state index contributed by atoms with van der Waals surface area (Å²) in [6.45, 7) is 0.132. The van der Waals surface area contributed by atoms with E-state index in [9.17, 15) is 19.3 Å². The Labute approximate surface area is 170 Å². The first-order chi connectivity index (χ1) is 13.4. The number of hydrogen-bond donors (Lipinski definition) is 1. The van der Waals surface area contributed by atoms with Crippen molar-refractivity contribution in [2.75, 3.05) is 26.0 Å². The fourth-order valence-electron chi connectivity index (χ4n) is 2.21. The molecule has 0 heterocycles. The number of nitrogens with zero attached hydrogens (tertiary/aromatic N) is 1. The van der Waals surface area contributed by atoms with Crippen molar-refractivity contribution in [1.82, 2.24) is 5.32 Å². The Morgan fingerprint density at radius 3 is 2.82 bits per heavy atom. The number of benzene rings is 2. The van der Waals surface area contributed by atoms with E-state index in [-0.39, 0.29) is 35.5 Å². The minimum absolute atomic E-state index is 0.0473. The summed E-state index contributed by atoms with van der Waals surface area (Å²) in [4.78, 5) is 22.1. The number of ether oxygens (including phenoxy) is 2. The number of halogens is 2. The van der Waals surface area contributed by atoms with Crippen LogP contribution in [0.4, 0.5) is 10.1 Å². The van der Waals surface area contributed by atoms with Crippen LogP contribution in [0, 0.1) is 15.9 Å². The highest BCUT2D eigenvalue weighted by Crippen LogP contribution is 2.30. The number of carbonyl (C=O) groups excluding carboxylic acids is 1. The Bertz CT molecular complexity index is 832. The SMILES string of the molecule is COc1cc(OCC(=O)NCCSCc2c(F)cccc2Cl)ccc1[N+](=O)[O-]. The second-order valence-electron chi connectivity index (χ2n) is 5.48. The number of thioether (sulfide) groups is 1. The highest BCUT2D eigenvalue weighted by Gasteiger charge is 2.15. The molecule has 150 valence electrons. The summed E-state index contributed by atoms with van der Waals surface area (Å²) in [5.74, 6) is 0.604. The van der Waals surface area contributed by atoms with Crippen molar-refractivity contribution in [3.8, 4) is 11.5 Å². The lowest BCUT2D eigenvalue weighted by molar-refractivity contribution is -0.385. The standard InChI is InChI=1S/C18H18ClFN2O5S/c1-26-17-9-12(5-6-16(17)22(24)25)27-10-18(23)21-7-8-28-11-13-14(19)3-2-4-15(13)20/h2-6,9H,7-8,10-11H2,1H3,(H,21,23). The molecule has 28 heavy (non-hydrogen) atoms. The van der Waals surface area contributed by atoms with E-state index in [2.05, 4.69) is 5.32 Å². The average Bonchev–Trinajstić information content (AvgIpc) is 2.67. The van der Waals surface area contributed by atoms with E-state index in [0.29, 0.717) is 28.6 Å². The van der Waals surface area contributed by atoms with Crippen LogP contribution < -0.4 is 14.8 Å². The zero-order valence-electron chi connectivity index (χ0n) is 14.9. The lowest BCUT2D eigenvalue weighted by Crippen LogP contribution is -2.30. The molecular weight excluding hydrogens is 411 g/mol. The number of amides is 1. The molecule has 2 rings (SSSR count). The first kappa shape index (κ1) is 21.8. The van der Waals surface area contributed by atoms with E-state index >= 15 is 0 Å². The molecule has 0 saturated heterocycles. The highest BCUT2D eigenvalue weighted by atomic mass is 35.5. The van der Waals surface area contributed by atoms with Gasteiger partial charge in [-0.05, 0) is 18.2 Å². The molecule has 0 aliphatic heterocycles. The summed E-state index contributed by atoms with van der Waals surface area (Å²) in [7, 11) is 1.31. The zero-order chi connectivity index (χ0) is 20.5. The second-order valence-corrected chi connectivity index (χ2v) is 6.99. The minimum Gasteiger partial charge on any atom is -0.490 e. The van der Waals surface area contributed by atoms with Gasteiger partial charge in [0.15, 0.2) is 6.61 Å². The van der Waals surface area contributed by atoms with Crippen LogP contribution in [-0.4, -0.2) is 36.8 Å². The lowest BCUT2D eigenvalue weighted by atomic mass is 10.2. The van der Waals surface area contributed by atoms with Gasteiger partial charge in [0.1, 0.15) is 11.6 Å². The third-order valence-corrected chi connectivity index (χ3v) is 4.93. The molecule has 2 aromatic rings. The van der Waals surface area contributed by atoms with Gasteiger partial charge in [-0.2, -0.15) is 11.8 Å². The predicted octanol–water partition coefficient (Wildman–Crippen LogP) is 3.82. The van der Waals surface area contributed by atoms with Gasteiger partial charge in [-0.3, -0.25) is 14.9 Å². The van der Waals surface area contributed by atoms with Crippen LogP contribution in [0.15, 0.2) is 36.4 Å². The van der Waals surface area contributed by atoms with Crippen molar-refractivity contribution < 1.29 is 23.6 Å². The number of nitro groups is 1. The lowest BCUT2D eigenvalue weighted by Gasteiger charge is -2.09. The van der Waals surface area contributed by atoms with Crippen LogP contribution in [0.5, 0.6) is 11.5 Å². The van der Waals surface area contributed by atoms with Gasteiger partial charge in [0, 0.05) is 40.8 Å². The molecular formula is C18H18ClFN2O5S. The number of nitro benzene ring substituents is 1. The van der Waals surface area contributed by atoms with E-state index in [1.165, 1.54) is 43.1 Å². The summed E-state index contributed by atoms with van der Waals surface area (Å²) in [6.07, 6.45) is 0. The zero-order valence-corrected chi connectivity index (χ0v) is 16.5. The van der Waals surface area contributed by atoms with Crippen molar-refractivity contribution in [3.63, 3.8) is 0 Å². The van der Waals surface area contributed by atoms with Crippen molar-refractivity contribution in [2.45, 2.75) is 5.75 Å². The first-order valence-electron chi connectivity index (χ1n) is 8.15. The Morgan fingerprint density at radius 2 is 2.14 bits per heavy atom. The van der Waals surface area contributed by atoms with E-state index in [1.54, 1.807) is 12.1 Å². The van der Waals surface area contributed by atoms with Crippen LogP contribution >= 0.6 is 23.4 Å². The van der Waals surface area contributed by atoms with Crippen molar-refractivity contribution in [1.29, 1.82) is 0 Å². The Kier molecular flexibility index (Phi) is 8.34. The molecule has 0 aromatic heterocycles. The maximum absolute atomic E-state index is 13.6. The van der Waals surface area contributed by atoms with Crippen molar-refractivity contribution in [3.05, 3.63) is 62.9 Å². The normalized spacial score (nSPS) is 10.4. The average molecular weight is 429 g/mol. The van der Waals surface area contributed by atoms with Gasteiger partial charge in [0.2, 0.25) is 5.75 Å². The smallest absolute Gasteiger partial charge is 0.311 e. The van der Waals surface area contributed by atoms with E-state index in [4.69, 9.17) is 21.1 Å². The van der Waals surface area contributed by atoms with Gasteiger partial charge in [-0.15, -0.1) is 0 Å². The van der Waals surface area contributed by atoms with Gasteiger partial charge in [0.05, 0.1) is 12.0 Å². The van der Waals surface area contributed by atoms with Crippen LogP contribution in [0.2, 0.25) is 5.02 Å². The maximum Gasteiger partial charge on any atom is 0.311 e. The van der Waals surface area contributed by atoms with Gasteiger partial charge in [-0.1, -0.05) is 17.7 Å². The Morgan fingerprint density at radius 1 is 1.36 bits per heavy atom. The fourth-order valence-corrected chi connectivity index (χ4v) is 3.40. The van der Waals surface area contributed by atoms with Crippen LogP contribution in [0.25, 0.3) is 0 Å². The first-order valence-corrected chi connectivity index (χ1v) is 9.68. The molecule has 0 fully saturated rings. The third kappa shape index (κ3) is 6.28. The van der Waals surface area contributed by atoms with E-state index in [1.807, 2.05) is 0 Å². The third-order valence-electron chi connectivity index (χ3n) is 3.59. The molecule has 1 amide bonds. The molecule has 0 atom stereocenters. The number of methoxy groups -OCH3 is 1. The minimum atomic E-state index is -0.568. The maximum atomic E-state index is 13.6. The largest absolute Gasteiger partial charge is 0.490 e. The molecule has 7 nitrogen and oxygen atoms in total. The summed E-state index contributed by atoms with van der Waals surface area (Å²) in [5, 5.41) is 13.9. The van der Waals surface area contributed by atoms with Gasteiger partial charge in [-0.25, -0.2) is 4.39 Å². The van der Waals surface area contributed by atoms with Crippen LogP contribution in [-0.2, 0) is 10.5 Å². The highest BCUT2D eigenvalue weighted by molar-refractivity contribution is 7.98. The summed E-state index contributed by atoms with van der Waals surface area (Å²) in [6, 6.07) is 8.52. The molecule has 10 heteroatoms. The molecule has 0 radical (unpaired) electrons. The molecule has 1 N–H and O–H groups in total. The van der Waals surface area contributed by atoms with E-state index < -0.39 is 4.92 Å². The van der Waals surface area contributed by atoms with Gasteiger partial charge >= 0.3 is 5.69 Å². The molecule has 0 aliphatic rings. The quantitative estimate of drug-likeness (QED) is 0.351. The summed E-state index contributed by atoms with van der Waals surface area (Å²) >= 11 is 7.40. The van der Waals surface area contributed by atoms with Crippen LogP contribution in [0.1, 0.15) is 5.56 Å². The van der Waals surface area contributed by atoms with Crippen molar-refractivity contribution in [2.24, 2.45) is 0 Å². The van der Waals surface area contributed by atoms with Gasteiger partial charge in [0.25, 0.3) is 5.91 Å². The van der Waals surface area contributed by atoms with Crippen molar-refractivity contribution >= 4 is 35.0 Å². The Balaban J connectivity index is 1.71. The van der Waals surface area contributed by atoms with Crippen LogP contribution in [0.3, 0.4) is 0 Å². The molecule has 0 unspecified atom stereocenters. The number of rotatable bonds is 10. The second kappa shape index (κ2) is 10.7. The fraction of sp³-hybridized carbons (Fsp3) is 0.278. The van der Waals surface area contributed by atoms with Gasteiger partial charge < -0.3 is 14.8 Å². The summed E-state index contributed by atoms with van der Waals surface area (Å²) in [5.41, 5.74) is 0.252. The predicted molar refractivity (Wildman–Crippen MR) is 106 cm³/mol. The molecule has 0 aliphatic carbocycles. The molecule has 2 aromatic carbocycles. The molecule has 0 saturated carbocycles. The molecule has 0 bridgehead atoms. The monoisotopic (exact) mass is 428 g/mol.